The van der Waals surface area contributed by atoms with E-state index in [9.17, 15) is 9.59 Å². The maximum Gasteiger partial charge on any atom is 0.264 e. The van der Waals surface area contributed by atoms with Crippen molar-refractivity contribution in [1.29, 1.82) is 0 Å². The van der Waals surface area contributed by atoms with E-state index in [0.717, 1.165) is 29.2 Å². The van der Waals surface area contributed by atoms with Crippen LogP contribution in [0.4, 0.5) is 5.00 Å². The number of ether oxygens (including phenoxy) is 1. The second-order valence-corrected chi connectivity index (χ2v) is 8.37. The van der Waals surface area contributed by atoms with Crippen LogP contribution in [0.5, 0.6) is 0 Å². The lowest BCUT2D eigenvalue weighted by Gasteiger charge is -2.28. The van der Waals surface area contributed by atoms with Gasteiger partial charge in [0.25, 0.3) is 5.91 Å². The fourth-order valence-corrected chi connectivity index (χ4v) is 4.54. The molecule has 1 N–H and O–H groups in total. The maximum absolute atomic E-state index is 13.2. The van der Waals surface area contributed by atoms with E-state index in [1.165, 1.54) is 11.3 Å². The van der Waals surface area contributed by atoms with Crippen molar-refractivity contribution in [3.05, 3.63) is 41.3 Å². The van der Waals surface area contributed by atoms with E-state index >= 15 is 0 Å². The van der Waals surface area contributed by atoms with Gasteiger partial charge in [0.05, 0.1) is 29.6 Å². The van der Waals surface area contributed by atoms with E-state index in [1.807, 2.05) is 45.0 Å². The Morgan fingerprint density at radius 1 is 1.21 bits per heavy atom. The molecule has 6 nitrogen and oxygen atoms in total. The van der Waals surface area contributed by atoms with E-state index in [-0.39, 0.29) is 24.4 Å². The van der Waals surface area contributed by atoms with Gasteiger partial charge in [0.2, 0.25) is 5.91 Å². The van der Waals surface area contributed by atoms with Crippen molar-refractivity contribution in [2.45, 2.75) is 26.8 Å². The summed E-state index contributed by atoms with van der Waals surface area (Å²) in [6, 6.07) is 12.1. The van der Waals surface area contributed by atoms with Gasteiger partial charge < -0.3 is 19.9 Å². The molecule has 29 heavy (non-hydrogen) atoms. The van der Waals surface area contributed by atoms with Crippen LogP contribution in [0.3, 0.4) is 0 Å². The highest BCUT2D eigenvalue weighted by molar-refractivity contribution is 7.18. The maximum atomic E-state index is 13.2. The zero-order valence-corrected chi connectivity index (χ0v) is 18.1. The number of nitrogens with one attached hydrogen (secondary N) is 1. The summed E-state index contributed by atoms with van der Waals surface area (Å²) in [5, 5.41) is 3.94. The van der Waals surface area contributed by atoms with E-state index in [2.05, 4.69) is 22.3 Å². The predicted octanol–water partition coefficient (Wildman–Crippen LogP) is 3.24. The highest BCUT2D eigenvalue weighted by atomic mass is 32.1. The molecule has 156 valence electrons. The number of hydrogen-bond acceptors (Lipinski definition) is 5. The van der Waals surface area contributed by atoms with Gasteiger partial charge in [-0.1, -0.05) is 30.3 Å². The van der Waals surface area contributed by atoms with Crippen molar-refractivity contribution in [2.75, 3.05) is 44.3 Å². The number of benzene rings is 1. The van der Waals surface area contributed by atoms with Gasteiger partial charge in [0.1, 0.15) is 0 Å². The Labute approximate surface area is 176 Å². The lowest BCUT2D eigenvalue weighted by atomic mass is 10.1. The zero-order valence-electron chi connectivity index (χ0n) is 17.3. The minimum absolute atomic E-state index is 0.0515. The van der Waals surface area contributed by atoms with Crippen LogP contribution >= 0.6 is 11.3 Å². The Hall–Kier alpha value is -2.38. The van der Waals surface area contributed by atoms with Crippen LogP contribution in [-0.4, -0.2) is 62.1 Å². The molecule has 2 heterocycles. The summed E-state index contributed by atoms with van der Waals surface area (Å²) in [6.45, 7) is 9.26. The molecule has 1 aliphatic heterocycles. The van der Waals surface area contributed by atoms with Crippen LogP contribution in [-0.2, 0) is 9.53 Å². The van der Waals surface area contributed by atoms with E-state index in [4.69, 9.17) is 4.74 Å². The molecule has 0 bridgehead atoms. The highest BCUT2D eigenvalue weighted by Crippen LogP contribution is 2.39. The summed E-state index contributed by atoms with van der Waals surface area (Å²) >= 11 is 1.50. The molecule has 1 aromatic heterocycles. The molecule has 3 rings (SSSR count). The summed E-state index contributed by atoms with van der Waals surface area (Å²) in [4.78, 5) is 29.9. The van der Waals surface area contributed by atoms with Gasteiger partial charge in [-0.3, -0.25) is 9.59 Å². The van der Waals surface area contributed by atoms with Gasteiger partial charge in [0.15, 0.2) is 0 Å². The fourth-order valence-electron chi connectivity index (χ4n) is 3.34. The third-order valence-corrected chi connectivity index (χ3v) is 5.94. The Balaban J connectivity index is 1.89. The van der Waals surface area contributed by atoms with E-state index in [1.54, 1.807) is 4.90 Å². The average Bonchev–Trinajstić information content (AvgIpc) is 3.18. The van der Waals surface area contributed by atoms with Crippen LogP contribution < -0.4 is 10.2 Å². The molecule has 1 fully saturated rings. The van der Waals surface area contributed by atoms with E-state index in [0.29, 0.717) is 24.6 Å². The topological polar surface area (TPSA) is 61.9 Å². The molecule has 7 heteroatoms. The molecular weight excluding hydrogens is 386 g/mol. The monoisotopic (exact) mass is 415 g/mol. The largest absolute Gasteiger partial charge is 0.378 e. The van der Waals surface area contributed by atoms with Crippen LogP contribution in [0.2, 0.25) is 0 Å². The number of rotatable bonds is 7. The van der Waals surface area contributed by atoms with Gasteiger partial charge in [-0.05, 0) is 32.4 Å². The lowest BCUT2D eigenvalue weighted by Crippen LogP contribution is -2.42. The van der Waals surface area contributed by atoms with Crippen molar-refractivity contribution < 1.29 is 14.3 Å². The normalized spacial score (nSPS) is 14.1. The third kappa shape index (κ3) is 5.36. The Kier molecular flexibility index (Phi) is 7.28. The predicted molar refractivity (Wildman–Crippen MR) is 118 cm³/mol. The average molecular weight is 416 g/mol. The van der Waals surface area contributed by atoms with Crippen molar-refractivity contribution >= 4 is 28.2 Å². The molecule has 2 amide bonds. The summed E-state index contributed by atoms with van der Waals surface area (Å²) in [7, 11) is 0. The smallest absolute Gasteiger partial charge is 0.264 e. The lowest BCUT2D eigenvalue weighted by molar-refractivity contribution is -0.122. The number of carbonyl (C=O) groups is 2. The van der Waals surface area contributed by atoms with Gasteiger partial charge >= 0.3 is 0 Å². The standard InChI is InChI=1S/C22H29N3O3S/c1-4-24(15-20(26)23-16(2)3)21(27)19-14-18(17-8-6-5-7-9-17)22(29-19)25-10-12-28-13-11-25/h5-9,14,16H,4,10-13,15H2,1-3H3,(H,23,26). The summed E-state index contributed by atoms with van der Waals surface area (Å²) < 4.78 is 5.50. The van der Waals surface area contributed by atoms with Crippen molar-refractivity contribution in [3.8, 4) is 11.1 Å². The molecule has 0 spiro atoms. The summed E-state index contributed by atoms with van der Waals surface area (Å²) in [6.07, 6.45) is 0. The van der Waals surface area contributed by atoms with Crippen LogP contribution in [0, 0.1) is 0 Å². The molecule has 1 aromatic carbocycles. The number of hydrogen-bond donors (Lipinski definition) is 1. The minimum Gasteiger partial charge on any atom is -0.378 e. The molecule has 0 atom stereocenters. The Bertz CT molecular complexity index is 829. The first-order chi connectivity index (χ1) is 14.0. The molecule has 0 saturated carbocycles. The molecular formula is C22H29N3O3S. The molecule has 0 unspecified atom stereocenters. The minimum atomic E-state index is -0.136. The van der Waals surface area contributed by atoms with Crippen LogP contribution in [0.25, 0.3) is 11.1 Å². The number of morpholine rings is 1. The van der Waals surface area contributed by atoms with E-state index < -0.39 is 0 Å². The first kappa shape index (κ1) is 21.3. The Morgan fingerprint density at radius 3 is 2.52 bits per heavy atom. The second kappa shape index (κ2) is 9.89. The Morgan fingerprint density at radius 2 is 1.90 bits per heavy atom. The zero-order chi connectivity index (χ0) is 20.8. The number of likely N-dealkylation sites (N-methyl/N-ethyl adjacent to an activating group) is 1. The number of thiophene rings is 1. The van der Waals surface area contributed by atoms with Crippen molar-refractivity contribution in [1.82, 2.24) is 10.2 Å². The third-order valence-electron chi connectivity index (χ3n) is 4.76. The van der Waals surface area contributed by atoms with Gasteiger partial charge in [-0.25, -0.2) is 0 Å². The first-order valence-electron chi connectivity index (χ1n) is 10.1. The van der Waals surface area contributed by atoms with Crippen LogP contribution in [0.1, 0.15) is 30.4 Å². The van der Waals surface area contributed by atoms with Crippen LogP contribution in [0.15, 0.2) is 36.4 Å². The summed E-state index contributed by atoms with van der Waals surface area (Å²) in [5.41, 5.74) is 2.15. The number of amides is 2. The van der Waals surface area contributed by atoms with Gasteiger partial charge in [0, 0.05) is 31.2 Å². The number of nitrogens with zero attached hydrogens (tertiary/aromatic N) is 2. The van der Waals surface area contributed by atoms with Gasteiger partial charge in [-0.2, -0.15) is 0 Å². The number of anilines is 1. The highest BCUT2D eigenvalue weighted by Gasteiger charge is 2.25. The van der Waals surface area contributed by atoms with Crippen molar-refractivity contribution in [3.63, 3.8) is 0 Å². The van der Waals surface area contributed by atoms with Crippen molar-refractivity contribution in [2.24, 2.45) is 0 Å². The molecule has 1 aliphatic rings. The fraction of sp³-hybridized carbons (Fsp3) is 0.455. The SMILES string of the molecule is CCN(CC(=O)NC(C)C)C(=O)c1cc(-c2ccccc2)c(N2CCOCC2)s1. The molecule has 0 aliphatic carbocycles. The molecule has 0 radical (unpaired) electrons. The quantitative estimate of drug-likeness (QED) is 0.754. The molecule has 1 saturated heterocycles. The summed E-state index contributed by atoms with van der Waals surface area (Å²) in [5.74, 6) is -0.239. The van der Waals surface area contributed by atoms with Gasteiger partial charge in [-0.15, -0.1) is 11.3 Å². The second-order valence-electron chi connectivity index (χ2n) is 7.34. The molecule has 2 aromatic rings. The first-order valence-corrected chi connectivity index (χ1v) is 10.9. The number of carbonyl (C=O) groups excluding carboxylic acids is 2.